The Morgan fingerprint density at radius 1 is 0.683 bits per heavy atom. The summed E-state index contributed by atoms with van der Waals surface area (Å²) in [6.45, 7) is 6.67. The van der Waals surface area contributed by atoms with Gasteiger partial charge in [-0.2, -0.15) is 0 Å². The van der Waals surface area contributed by atoms with Gasteiger partial charge in [0.15, 0.2) is 29.6 Å². The largest absolute Gasteiger partial charge is 0.493 e. The number of hydrogen-bond acceptors (Lipinski definition) is 18. The van der Waals surface area contributed by atoms with Crippen LogP contribution in [0.4, 0.5) is 0 Å². The Morgan fingerprint density at radius 3 is 2.07 bits per heavy atom. The van der Waals surface area contributed by atoms with Crippen LogP contribution in [0.5, 0.6) is 34.5 Å². The van der Waals surface area contributed by atoms with Gasteiger partial charge in [0.1, 0.15) is 30.2 Å². The minimum absolute atomic E-state index is 0.0677. The molecule has 2 heterocycles. The van der Waals surface area contributed by atoms with Gasteiger partial charge in [0.05, 0.1) is 114 Å². The number of carbonyl (C=O) groups is 4. The third-order valence-corrected chi connectivity index (χ3v) is 13.7. The van der Waals surface area contributed by atoms with Crippen LogP contribution in [0.1, 0.15) is 99.1 Å². The summed E-state index contributed by atoms with van der Waals surface area (Å²) in [4.78, 5) is 55.7. The first-order valence-electron chi connectivity index (χ1n) is 28.2. The summed E-state index contributed by atoms with van der Waals surface area (Å²) in [7, 11) is 7.72. The number of aromatic nitrogens is 3. The number of likely N-dealkylation sites (tertiary alicyclic amines) is 1. The number of nitrogens with one attached hydrogen (secondary N) is 2. The van der Waals surface area contributed by atoms with E-state index in [1.165, 1.54) is 21.3 Å². The van der Waals surface area contributed by atoms with E-state index >= 15 is 0 Å². The fraction of sp³-hybridized carbons (Fsp3) is 0.593. The van der Waals surface area contributed by atoms with Crippen LogP contribution < -0.4 is 39.1 Å². The van der Waals surface area contributed by atoms with Gasteiger partial charge in [-0.3, -0.25) is 14.4 Å². The zero-order chi connectivity index (χ0) is 58.7. The number of carbonyl (C=O) groups excluding carboxylic acids is 4. The molecular weight excluding hydrogens is 1080 g/mol. The second-order valence-electron chi connectivity index (χ2n) is 19.2. The third-order valence-electron chi connectivity index (χ3n) is 13.5. The molecule has 454 valence electrons. The smallest absolute Gasteiger partial charge is 0.329 e. The van der Waals surface area contributed by atoms with E-state index in [0.29, 0.717) is 155 Å². The number of amides is 3. The maximum Gasteiger partial charge on any atom is 0.329 e. The van der Waals surface area contributed by atoms with Gasteiger partial charge >= 0.3 is 5.97 Å². The van der Waals surface area contributed by atoms with Gasteiger partial charge in [-0.1, -0.05) is 43.2 Å². The van der Waals surface area contributed by atoms with E-state index in [4.69, 9.17) is 68.4 Å². The topological polar surface area (TPSA) is 237 Å². The van der Waals surface area contributed by atoms with Crippen molar-refractivity contribution in [3.05, 3.63) is 83.2 Å². The van der Waals surface area contributed by atoms with Crippen LogP contribution >= 0.6 is 11.6 Å². The van der Waals surface area contributed by atoms with Gasteiger partial charge < -0.3 is 72.4 Å². The lowest BCUT2D eigenvalue weighted by Gasteiger charge is -2.37. The van der Waals surface area contributed by atoms with Crippen LogP contribution in [0, 0.1) is 0 Å². The number of piperidine rings is 1. The molecule has 82 heavy (non-hydrogen) atoms. The Labute approximate surface area is 487 Å². The second-order valence-corrected chi connectivity index (χ2v) is 19.6. The summed E-state index contributed by atoms with van der Waals surface area (Å²) < 4.78 is 69.4. The maximum absolute atomic E-state index is 14.5. The van der Waals surface area contributed by atoms with E-state index in [0.717, 1.165) is 44.1 Å². The summed E-state index contributed by atoms with van der Waals surface area (Å²) in [6, 6.07) is 15.5. The summed E-state index contributed by atoms with van der Waals surface area (Å²) in [5, 5.41) is 13.9. The van der Waals surface area contributed by atoms with Gasteiger partial charge in [0.25, 0.3) is 5.91 Å². The Balaban J connectivity index is 1.04. The number of esters is 1. The van der Waals surface area contributed by atoms with Gasteiger partial charge in [-0.25, -0.2) is 9.48 Å². The molecule has 1 saturated heterocycles. The van der Waals surface area contributed by atoms with E-state index in [1.807, 2.05) is 31.2 Å². The van der Waals surface area contributed by atoms with Crippen molar-refractivity contribution in [1.29, 1.82) is 0 Å². The average molecular weight is 1170 g/mol. The quantitative estimate of drug-likeness (QED) is 0.0263. The van der Waals surface area contributed by atoms with Gasteiger partial charge in [0.2, 0.25) is 17.6 Å². The molecule has 1 aliphatic rings. The molecule has 3 aromatic carbocycles. The summed E-state index contributed by atoms with van der Waals surface area (Å²) >= 11 is 5.68. The molecule has 3 amide bonds. The van der Waals surface area contributed by atoms with E-state index in [1.54, 1.807) is 60.3 Å². The Morgan fingerprint density at radius 2 is 1.37 bits per heavy atom. The Hall–Kier alpha value is -6.43. The number of alkyl halides is 1. The first-order chi connectivity index (χ1) is 40.0. The molecule has 3 atom stereocenters. The highest BCUT2D eigenvalue weighted by Gasteiger charge is 2.38. The molecule has 0 bridgehead atoms. The lowest BCUT2D eigenvalue weighted by molar-refractivity contribution is -0.162. The second kappa shape index (κ2) is 38.4. The molecule has 1 fully saturated rings. The first-order valence-corrected chi connectivity index (χ1v) is 28.7. The molecule has 1 aliphatic heterocycles. The molecule has 2 N–H and O–H groups in total. The van der Waals surface area contributed by atoms with Crippen molar-refractivity contribution >= 4 is 35.3 Å². The number of halogens is 1. The van der Waals surface area contributed by atoms with E-state index in [9.17, 15) is 19.2 Å². The molecule has 1 aromatic heterocycles. The zero-order valence-electron chi connectivity index (χ0n) is 48.6. The fourth-order valence-corrected chi connectivity index (χ4v) is 9.30. The van der Waals surface area contributed by atoms with Crippen molar-refractivity contribution in [2.75, 3.05) is 127 Å². The number of methoxy groups -OCH3 is 5. The minimum Gasteiger partial charge on any atom is -0.493 e. The number of hydrogen-bond donors (Lipinski definition) is 2. The molecule has 0 saturated carbocycles. The molecule has 0 radical (unpaired) electrons. The van der Waals surface area contributed by atoms with E-state index in [-0.39, 0.29) is 44.1 Å². The number of unbranched alkanes of at least 4 members (excludes halogenated alkanes) is 3. The molecule has 0 aliphatic carbocycles. The molecule has 23 heteroatoms. The van der Waals surface area contributed by atoms with Crippen LogP contribution in [0.2, 0.25) is 0 Å². The fourth-order valence-electron chi connectivity index (χ4n) is 9.12. The SMILES string of the molecule is CCC(C(=O)N1CCCC[C@H]1C(=O)O[C@H](CCc1ccc(OC)c(OC)c1)c1cccc(OCC(=O)NCc2cn(CCOCCOCCOCC(=O)NCCOCCOCCCCCCCl)nn2)c1)c1cc(OC)c(OC)c(OC)c1. The predicted molar refractivity (Wildman–Crippen MR) is 305 cm³/mol. The lowest BCUT2D eigenvalue weighted by Crippen LogP contribution is -2.50. The third kappa shape index (κ3) is 22.7. The molecule has 1 unspecified atom stereocenters. The van der Waals surface area contributed by atoms with Crippen LogP contribution in [0.3, 0.4) is 0 Å². The number of nitrogens with zero attached hydrogens (tertiary/aromatic N) is 4. The van der Waals surface area contributed by atoms with Crippen molar-refractivity contribution in [3.63, 3.8) is 0 Å². The Kier molecular flexibility index (Phi) is 31.1. The maximum atomic E-state index is 14.5. The molecule has 22 nitrogen and oxygen atoms in total. The number of ether oxygens (including phenoxy) is 12. The van der Waals surface area contributed by atoms with Crippen molar-refractivity contribution in [2.45, 2.75) is 102 Å². The first kappa shape index (κ1) is 66.4. The molecule has 4 aromatic rings. The molecule has 0 spiro atoms. The van der Waals surface area contributed by atoms with Gasteiger partial charge in [-0.15, -0.1) is 16.7 Å². The van der Waals surface area contributed by atoms with Crippen molar-refractivity contribution in [1.82, 2.24) is 30.5 Å². The predicted octanol–water partition coefficient (Wildman–Crippen LogP) is 6.81. The minimum atomic E-state index is -0.822. The van der Waals surface area contributed by atoms with Crippen molar-refractivity contribution in [2.24, 2.45) is 0 Å². The summed E-state index contributed by atoms with van der Waals surface area (Å²) in [5.74, 6) is 1.62. The van der Waals surface area contributed by atoms with E-state index in [2.05, 4.69) is 20.9 Å². The van der Waals surface area contributed by atoms with Crippen LogP contribution in [-0.2, 0) is 67.1 Å². The zero-order valence-corrected chi connectivity index (χ0v) is 49.3. The normalized spacial score (nSPS) is 13.9. The van der Waals surface area contributed by atoms with Crippen LogP contribution in [0.15, 0.2) is 60.8 Å². The van der Waals surface area contributed by atoms with Crippen LogP contribution in [0.25, 0.3) is 0 Å². The highest BCUT2D eigenvalue weighted by atomic mass is 35.5. The monoisotopic (exact) mass is 1170 g/mol. The van der Waals surface area contributed by atoms with Crippen molar-refractivity contribution < 1.29 is 76.0 Å². The number of benzene rings is 3. The van der Waals surface area contributed by atoms with Gasteiger partial charge in [0, 0.05) is 25.6 Å². The average Bonchev–Trinajstić information content (AvgIpc) is 4.08. The standard InChI is InChI=1S/C59H85ClN6O16/c1-7-48(45-37-53(73-4)57(75-6)54(38-45)74-5)58(69)66-24-12-10-17-49(66)59(70)82-50(20-18-43-19-21-51(71-2)52(35-43)72-3)44-15-14-16-47(36-44)81-42-56(68)62-39-46-40-65(64-63-46)25-28-78-31-32-79-33-34-80-41-55(67)61-23-27-77-30-29-76-26-13-9-8-11-22-60/h14-16,19,21,35-38,40,48-50H,7-13,17-18,20,22-34,39,41-42H2,1-6H3,(H,61,67)(H,62,68)/t48?,49-,50+/m0/s1. The van der Waals surface area contributed by atoms with E-state index < -0.39 is 24.0 Å². The molecule has 5 rings (SSSR count). The summed E-state index contributed by atoms with van der Waals surface area (Å²) in [6.07, 6.45) is 8.52. The Bertz CT molecular complexity index is 2490. The number of aryl methyl sites for hydroxylation is 1. The number of rotatable bonds is 42. The van der Waals surface area contributed by atoms with Crippen molar-refractivity contribution in [3.8, 4) is 34.5 Å². The molecular formula is C59H85ClN6O16. The lowest BCUT2D eigenvalue weighted by atomic mass is 9.91. The highest BCUT2D eigenvalue weighted by molar-refractivity contribution is 6.17. The highest BCUT2D eigenvalue weighted by Crippen LogP contribution is 2.42. The van der Waals surface area contributed by atoms with Crippen LogP contribution in [-0.4, -0.2) is 177 Å². The van der Waals surface area contributed by atoms with Gasteiger partial charge in [-0.05, 0) is 104 Å². The summed E-state index contributed by atoms with van der Waals surface area (Å²) in [5.41, 5.74) is 2.81.